The van der Waals surface area contributed by atoms with Crippen LogP contribution in [0.5, 0.6) is 0 Å². The van der Waals surface area contributed by atoms with E-state index in [-0.39, 0.29) is 6.04 Å². The van der Waals surface area contributed by atoms with Gasteiger partial charge >= 0.3 is 0 Å². The van der Waals surface area contributed by atoms with Gasteiger partial charge < -0.3 is 0 Å². The van der Waals surface area contributed by atoms with Crippen LogP contribution in [-0.4, -0.2) is 58.5 Å². The quantitative estimate of drug-likeness (QED) is 0.834. The maximum atomic E-state index is 13.1. The minimum atomic E-state index is -3.52. The van der Waals surface area contributed by atoms with Gasteiger partial charge in [-0.2, -0.15) is 9.40 Å². The van der Waals surface area contributed by atoms with Gasteiger partial charge in [0.2, 0.25) is 10.0 Å². The highest BCUT2D eigenvalue weighted by atomic mass is 32.2. The molecule has 1 aliphatic rings. The molecule has 0 radical (unpaired) electrons. The zero-order chi connectivity index (χ0) is 18.7. The Morgan fingerprint density at radius 3 is 2.65 bits per heavy atom. The summed E-state index contributed by atoms with van der Waals surface area (Å²) in [6.45, 7) is 8.39. The summed E-state index contributed by atoms with van der Waals surface area (Å²) in [5.74, 6) is 0. The Balaban J connectivity index is 1.78. The normalized spacial score (nSPS) is 19.2. The lowest BCUT2D eigenvalue weighted by Gasteiger charge is -2.38. The summed E-state index contributed by atoms with van der Waals surface area (Å²) in [6, 6.07) is 4.24. The van der Waals surface area contributed by atoms with Gasteiger partial charge in [0, 0.05) is 38.1 Å². The molecule has 1 atom stereocenters. The van der Waals surface area contributed by atoms with Crippen LogP contribution < -0.4 is 0 Å². The first-order valence-corrected chi connectivity index (χ1v) is 10.5. The fourth-order valence-electron chi connectivity index (χ4n) is 3.71. The first-order valence-electron chi connectivity index (χ1n) is 9.08. The Kier molecular flexibility index (Phi) is 5.74. The molecule has 1 aliphatic heterocycles. The van der Waals surface area contributed by atoms with E-state index in [1.54, 1.807) is 30.5 Å². The topological polar surface area (TPSA) is 82.2 Å². The molecule has 2 aromatic rings. The van der Waals surface area contributed by atoms with Gasteiger partial charge in [0.1, 0.15) is 4.90 Å². The van der Waals surface area contributed by atoms with Crippen molar-refractivity contribution >= 4 is 10.0 Å². The second kappa shape index (κ2) is 7.85. The largest absolute Gasteiger partial charge is 0.295 e. The fourth-order valence-corrected chi connectivity index (χ4v) is 5.56. The molecule has 26 heavy (non-hydrogen) atoms. The second-order valence-corrected chi connectivity index (χ2v) is 8.72. The third kappa shape index (κ3) is 3.82. The lowest BCUT2D eigenvalue weighted by Crippen LogP contribution is -2.49. The summed E-state index contributed by atoms with van der Waals surface area (Å²) >= 11 is 0. The van der Waals surface area contributed by atoms with Crippen molar-refractivity contribution in [2.75, 3.05) is 19.6 Å². The number of sulfonamides is 1. The van der Waals surface area contributed by atoms with E-state index in [9.17, 15) is 8.42 Å². The van der Waals surface area contributed by atoms with Crippen molar-refractivity contribution in [3.8, 4) is 0 Å². The molecule has 0 bridgehead atoms. The zero-order valence-corrected chi connectivity index (χ0v) is 16.5. The van der Waals surface area contributed by atoms with Gasteiger partial charge in [-0.15, -0.1) is 0 Å². The standard InChI is InChI=1S/C18H27N5O2S/c1-4-22(12-16-7-9-19-10-8-16)17-6-5-11-23(13-17)26(24,25)18-14(2)20-21-15(18)3/h7-10,17H,4-6,11-13H2,1-3H3,(H,20,21). The summed E-state index contributed by atoms with van der Waals surface area (Å²) in [7, 11) is -3.52. The highest BCUT2D eigenvalue weighted by Gasteiger charge is 2.35. The molecule has 7 nitrogen and oxygen atoms in total. The van der Waals surface area contributed by atoms with Crippen LogP contribution >= 0.6 is 0 Å². The summed E-state index contributed by atoms with van der Waals surface area (Å²) in [5, 5.41) is 6.84. The van der Waals surface area contributed by atoms with Gasteiger partial charge in [0.05, 0.1) is 11.4 Å². The van der Waals surface area contributed by atoms with E-state index in [1.165, 1.54) is 5.56 Å². The number of hydrogen-bond acceptors (Lipinski definition) is 5. The molecular formula is C18H27N5O2S. The van der Waals surface area contributed by atoms with E-state index in [2.05, 4.69) is 27.0 Å². The van der Waals surface area contributed by atoms with Crippen LogP contribution in [-0.2, 0) is 16.6 Å². The predicted octanol–water partition coefficient (Wildman–Crippen LogP) is 2.10. The number of hydrogen-bond donors (Lipinski definition) is 1. The average Bonchev–Trinajstić information content (AvgIpc) is 2.99. The Morgan fingerprint density at radius 1 is 1.31 bits per heavy atom. The van der Waals surface area contributed by atoms with E-state index < -0.39 is 10.0 Å². The predicted molar refractivity (Wildman–Crippen MR) is 100 cm³/mol. The van der Waals surface area contributed by atoms with Gasteiger partial charge in [0.15, 0.2) is 0 Å². The van der Waals surface area contributed by atoms with Crippen LogP contribution in [0.4, 0.5) is 0 Å². The molecule has 8 heteroatoms. The van der Waals surface area contributed by atoms with Crippen molar-refractivity contribution in [1.29, 1.82) is 0 Å². The van der Waals surface area contributed by atoms with E-state index in [4.69, 9.17) is 0 Å². The van der Waals surface area contributed by atoms with Crippen LogP contribution in [0.2, 0.25) is 0 Å². The molecule has 1 unspecified atom stereocenters. The van der Waals surface area contributed by atoms with Crippen LogP contribution in [0.3, 0.4) is 0 Å². The van der Waals surface area contributed by atoms with E-state index in [1.807, 2.05) is 12.1 Å². The van der Waals surface area contributed by atoms with E-state index >= 15 is 0 Å². The summed E-state index contributed by atoms with van der Waals surface area (Å²) < 4.78 is 27.9. The number of rotatable bonds is 6. The molecule has 142 valence electrons. The molecule has 1 N–H and O–H groups in total. The number of pyridine rings is 1. The maximum Gasteiger partial charge on any atom is 0.246 e. The first kappa shape index (κ1) is 19.0. The zero-order valence-electron chi connectivity index (χ0n) is 15.6. The summed E-state index contributed by atoms with van der Waals surface area (Å²) in [5.41, 5.74) is 2.34. The highest BCUT2D eigenvalue weighted by Crippen LogP contribution is 2.26. The Bertz CT molecular complexity index is 815. The highest BCUT2D eigenvalue weighted by molar-refractivity contribution is 7.89. The van der Waals surface area contributed by atoms with Crippen molar-refractivity contribution < 1.29 is 8.42 Å². The van der Waals surface area contributed by atoms with Crippen LogP contribution in [0.25, 0.3) is 0 Å². The van der Waals surface area contributed by atoms with Crippen LogP contribution in [0.15, 0.2) is 29.4 Å². The molecule has 1 fully saturated rings. The number of aromatic amines is 1. The van der Waals surface area contributed by atoms with Gasteiger partial charge in [-0.3, -0.25) is 15.0 Å². The van der Waals surface area contributed by atoms with Gasteiger partial charge in [0.25, 0.3) is 0 Å². The smallest absolute Gasteiger partial charge is 0.246 e. The first-order chi connectivity index (χ1) is 12.4. The Labute approximate surface area is 155 Å². The van der Waals surface area contributed by atoms with Crippen LogP contribution in [0, 0.1) is 13.8 Å². The molecule has 0 aliphatic carbocycles. The SMILES string of the molecule is CCN(Cc1ccncc1)C1CCCN(S(=O)(=O)c2c(C)n[nH]c2C)C1. The van der Waals surface area contributed by atoms with Crippen molar-refractivity contribution in [2.45, 2.75) is 51.1 Å². The van der Waals surface area contributed by atoms with Crippen molar-refractivity contribution in [3.05, 3.63) is 41.5 Å². The van der Waals surface area contributed by atoms with Gasteiger partial charge in [-0.25, -0.2) is 8.42 Å². The molecular weight excluding hydrogens is 350 g/mol. The second-order valence-electron chi connectivity index (χ2n) is 6.84. The van der Waals surface area contributed by atoms with E-state index in [0.717, 1.165) is 25.9 Å². The van der Waals surface area contributed by atoms with Gasteiger partial charge in [-0.1, -0.05) is 6.92 Å². The van der Waals surface area contributed by atoms with E-state index in [0.29, 0.717) is 29.4 Å². The molecule has 0 aromatic carbocycles. The lowest BCUT2D eigenvalue weighted by atomic mass is 10.1. The third-order valence-corrected chi connectivity index (χ3v) is 7.20. The Morgan fingerprint density at radius 2 is 2.04 bits per heavy atom. The minimum absolute atomic E-state index is 0.212. The van der Waals surface area contributed by atoms with Gasteiger partial charge in [-0.05, 0) is 50.9 Å². The number of aromatic nitrogens is 3. The van der Waals surface area contributed by atoms with Crippen molar-refractivity contribution in [2.24, 2.45) is 0 Å². The number of piperidine rings is 1. The maximum absolute atomic E-state index is 13.1. The van der Waals surface area contributed by atoms with Crippen molar-refractivity contribution in [1.82, 2.24) is 24.4 Å². The monoisotopic (exact) mass is 377 g/mol. The summed E-state index contributed by atoms with van der Waals surface area (Å²) in [6.07, 6.45) is 5.47. The van der Waals surface area contributed by atoms with Crippen LogP contribution in [0.1, 0.15) is 36.7 Å². The average molecular weight is 378 g/mol. The molecule has 0 saturated carbocycles. The number of likely N-dealkylation sites (N-methyl/N-ethyl adjacent to an activating group) is 1. The molecule has 3 rings (SSSR count). The minimum Gasteiger partial charge on any atom is -0.295 e. The molecule has 0 spiro atoms. The number of nitrogens with one attached hydrogen (secondary N) is 1. The molecule has 3 heterocycles. The number of nitrogens with zero attached hydrogens (tertiary/aromatic N) is 4. The third-order valence-electron chi connectivity index (χ3n) is 5.08. The molecule has 1 saturated heterocycles. The Hall–Kier alpha value is -1.77. The lowest BCUT2D eigenvalue weighted by molar-refractivity contribution is 0.134. The fraction of sp³-hybridized carbons (Fsp3) is 0.556. The van der Waals surface area contributed by atoms with Crippen molar-refractivity contribution in [3.63, 3.8) is 0 Å². The number of H-pyrrole nitrogens is 1. The summed E-state index contributed by atoms with van der Waals surface area (Å²) in [4.78, 5) is 6.75. The number of aryl methyl sites for hydroxylation is 2. The molecule has 0 amide bonds. The molecule has 2 aromatic heterocycles.